The summed E-state index contributed by atoms with van der Waals surface area (Å²) >= 11 is 0. The van der Waals surface area contributed by atoms with Crippen LogP contribution in [0.1, 0.15) is 40.2 Å². The molecule has 1 fully saturated rings. The van der Waals surface area contributed by atoms with Gasteiger partial charge in [0.25, 0.3) is 0 Å². The van der Waals surface area contributed by atoms with E-state index in [1.165, 1.54) is 6.07 Å². The standard InChI is InChI=1S/C21H28BFO3/c1-7-16-18(23)9-8-14-10-15(25-13-24-6)11-17(19(14)16)22-12-20(2,3)21(4,5)26-22/h8-11H,7,12-13H2,1-6H3. The molecule has 0 atom stereocenters. The molecule has 0 aliphatic carbocycles. The Bertz CT molecular complexity index is 800. The molecule has 3 nitrogen and oxygen atoms in total. The van der Waals surface area contributed by atoms with Crippen molar-refractivity contribution in [1.82, 2.24) is 0 Å². The summed E-state index contributed by atoms with van der Waals surface area (Å²) in [5, 5.41) is 1.92. The largest absolute Gasteiger partial charge is 0.468 e. The summed E-state index contributed by atoms with van der Waals surface area (Å²) in [7, 11) is 1.59. The fourth-order valence-corrected chi connectivity index (χ4v) is 3.77. The average Bonchev–Trinajstić information content (AvgIpc) is 2.80. The van der Waals surface area contributed by atoms with E-state index >= 15 is 0 Å². The first kappa shape index (κ1) is 19.2. The van der Waals surface area contributed by atoms with Crippen molar-refractivity contribution in [2.75, 3.05) is 13.9 Å². The van der Waals surface area contributed by atoms with Gasteiger partial charge in [-0.05, 0) is 72.0 Å². The van der Waals surface area contributed by atoms with Crippen molar-refractivity contribution in [3.8, 4) is 5.75 Å². The van der Waals surface area contributed by atoms with Gasteiger partial charge in [0.2, 0.25) is 0 Å². The molecule has 1 saturated heterocycles. The van der Waals surface area contributed by atoms with Gasteiger partial charge in [0.1, 0.15) is 11.6 Å². The van der Waals surface area contributed by atoms with Gasteiger partial charge in [-0.3, -0.25) is 0 Å². The molecule has 1 aliphatic rings. The lowest BCUT2D eigenvalue weighted by Gasteiger charge is -2.34. The molecule has 0 saturated carbocycles. The van der Waals surface area contributed by atoms with E-state index in [1.807, 2.05) is 25.1 Å². The van der Waals surface area contributed by atoms with E-state index in [-0.39, 0.29) is 30.5 Å². The van der Waals surface area contributed by atoms with Crippen LogP contribution in [0.25, 0.3) is 10.8 Å². The van der Waals surface area contributed by atoms with Crippen molar-refractivity contribution < 1.29 is 18.5 Å². The zero-order valence-electron chi connectivity index (χ0n) is 16.6. The molecule has 2 aromatic rings. The molecule has 5 heteroatoms. The van der Waals surface area contributed by atoms with Gasteiger partial charge < -0.3 is 14.1 Å². The maximum Gasteiger partial charge on any atom is 0.328 e. The Balaban J connectivity index is 2.19. The molecular formula is C21H28BFO3. The maximum absolute atomic E-state index is 14.5. The van der Waals surface area contributed by atoms with Crippen molar-refractivity contribution in [3.05, 3.63) is 35.6 Å². The van der Waals surface area contributed by atoms with Crippen molar-refractivity contribution >= 4 is 23.2 Å². The highest BCUT2D eigenvalue weighted by Crippen LogP contribution is 2.45. The van der Waals surface area contributed by atoms with Crippen LogP contribution >= 0.6 is 0 Å². The molecule has 1 heterocycles. The minimum absolute atomic E-state index is 0.0209. The van der Waals surface area contributed by atoms with E-state index in [2.05, 4.69) is 27.7 Å². The first-order valence-corrected chi connectivity index (χ1v) is 9.25. The molecule has 0 unspecified atom stereocenters. The lowest BCUT2D eigenvalue weighted by Crippen LogP contribution is -2.36. The fourth-order valence-electron chi connectivity index (χ4n) is 3.77. The summed E-state index contributed by atoms with van der Waals surface area (Å²) in [5.41, 5.74) is 1.51. The third-order valence-electron chi connectivity index (χ3n) is 5.98. The van der Waals surface area contributed by atoms with Crippen molar-refractivity contribution in [2.24, 2.45) is 5.41 Å². The monoisotopic (exact) mass is 358 g/mol. The smallest absolute Gasteiger partial charge is 0.328 e. The second-order valence-corrected chi connectivity index (χ2v) is 8.25. The Kier molecular flexibility index (Phi) is 5.06. The van der Waals surface area contributed by atoms with Gasteiger partial charge in [0.15, 0.2) is 6.79 Å². The van der Waals surface area contributed by atoms with Crippen LogP contribution in [0, 0.1) is 11.2 Å². The number of benzene rings is 2. The molecule has 0 spiro atoms. The summed E-state index contributed by atoms with van der Waals surface area (Å²) < 4.78 is 31.7. The van der Waals surface area contributed by atoms with E-state index in [4.69, 9.17) is 14.1 Å². The van der Waals surface area contributed by atoms with Gasteiger partial charge in [-0.25, -0.2) is 4.39 Å². The molecule has 26 heavy (non-hydrogen) atoms. The number of halogens is 1. The van der Waals surface area contributed by atoms with Gasteiger partial charge in [0, 0.05) is 7.11 Å². The number of hydrogen-bond acceptors (Lipinski definition) is 3. The van der Waals surface area contributed by atoms with Gasteiger partial charge in [-0.1, -0.05) is 26.8 Å². The molecule has 0 radical (unpaired) electrons. The van der Waals surface area contributed by atoms with Crippen LogP contribution in [-0.2, 0) is 15.8 Å². The van der Waals surface area contributed by atoms with E-state index < -0.39 is 0 Å². The highest BCUT2D eigenvalue weighted by molar-refractivity contribution is 6.71. The first-order chi connectivity index (χ1) is 12.2. The van der Waals surface area contributed by atoms with Crippen molar-refractivity contribution in [1.29, 1.82) is 0 Å². The lowest BCUT2D eigenvalue weighted by atomic mass is 9.53. The molecule has 1 aliphatic heterocycles. The number of ether oxygens (including phenoxy) is 2. The molecule has 140 valence electrons. The number of aryl methyl sites for hydroxylation is 1. The Morgan fingerprint density at radius 3 is 2.50 bits per heavy atom. The summed E-state index contributed by atoms with van der Waals surface area (Å²) in [6, 6.07) is 7.29. The van der Waals surface area contributed by atoms with E-state index in [1.54, 1.807) is 7.11 Å². The Hall–Kier alpha value is -1.59. The third-order valence-corrected chi connectivity index (χ3v) is 5.98. The highest BCUT2D eigenvalue weighted by Gasteiger charge is 2.50. The van der Waals surface area contributed by atoms with Gasteiger partial charge in [0.05, 0.1) is 5.60 Å². The van der Waals surface area contributed by atoms with E-state index in [0.717, 1.165) is 28.1 Å². The number of fused-ring (bicyclic) bond motifs is 1. The number of hydrogen-bond donors (Lipinski definition) is 0. The Morgan fingerprint density at radius 2 is 1.92 bits per heavy atom. The lowest BCUT2D eigenvalue weighted by molar-refractivity contribution is 0.0375. The van der Waals surface area contributed by atoms with Crippen LogP contribution in [0.4, 0.5) is 4.39 Å². The third kappa shape index (κ3) is 3.23. The minimum Gasteiger partial charge on any atom is -0.468 e. The van der Waals surface area contributed by atoms with Crippen molar-refractivity contribution in [2.45, 2.75) is 53.0 Å². The second kappa shape index (κ2) is 6.86. The number of methoxy groups -OCH3 is 1. The molecule has 0 bridgehead atoms. The zero-order valence-corrected chi connectivity index (χ0v) is 16.6. The summed E-state index contributed by atoms with van der Waals surface area (Å²) in [6.07, 6.45) is 1.51. The number of rotatable bonds is 5. The molecule has 0 amide bonds. The van der Waals surface area contributed by atoms with Crippen LogP contribution in [0.5, 0.6) is 5.75 Å². The molecule has 3 rings (SSSR count). The molecular weight excluding hydrogens is 330 g/mol. The van der Waals surface area contributed by atoms with Crippen LogP contribution < -0.4 is 10.2 Å². The topological polar surface area (TPSA) is 27.7 Å². The highest BCUT2D eigenvalue weighted by atomic mass is 19.1. The second-order valence-electron chi connectivity index (χ2n) is 8.25. The maximum atomic E-state index is 14.5. The molecule has 2 aromatic carbocycles. The van der Waals surface area contributed by atoms with Crippen LogP contribution in [0.3, 0.4) is 0 Å². The zero-order chi connectivity index (χ0) is 19.1. The molecule has 0 N–H and O–H groups in total. The van der Waals surface area contributed by atoms with Crippen LogP contribution in [0.2, 0.25) is 6.32 Å². The van der Waals surface area contributed by atoms with Crippen LogP contribution in [0.15, 0.2) is 24.3 Å². The van der Waals surface area contributed by atoms with Crippen LogP contribution in [-0.4, -0.2) is 26.4 Å². The summed E-state index contributed by atoms with van der Waals surface area (Å²) in [4.78, 5) is 0. The quantitative estimate of drug-likeness (QED) is 0.579. The normalized spacial score (nSPS) is 18.5. The predicted molar refractivity (Wildman–Crippen MR) is 105 cm³/mol. The fraction of sp³-hybridized carbons (Fsp3) is 0.524. The van der Waals surface area contributed by atoms with E-state index in [0.29, 0.717) is 12.2 Å². The molecule has 0 aromatic heterocycles. The van der Waals surface area contributed by atoms with E-state index in [9.17, 15) is 4.39 Å². The SMILES string of the molecule is CCc1c(F)ccc2cc(OCOC)cc(B3CC(C)(C)C(C)(C)O3)c12. The van der Waals surface area contributed by atoms with Crippen molar-refractivity contribution in [3.63, 3.8) is 0 Å². The first-order valence-electron chi connectivity index (χ1n) is 9.25. The summed E-state index contributed by atoms with van der Waals surface area (Å²) in [5.74, 6) is 0.553. The van der Waals surface area contributed by atoms with Gasteiger partial charge in [-0.2, -0.15) is 0 Å². The Morgan fingerprint density at radius 1 is 1.19 bits per heavy atom. The summed E-state index contributed by atoms with van der Waals surface area (Å²) in [6.45, 7) is 10.8. The van der Waals surface area contributed by atoms with Gasteiger partial charge >= 0.3 is 6.92 Å². The Labute approximate surface area is 155 Å². The van der Waals surface area contributed by atoms with Gasteiger partial charge in [-0.15, -0.1) is 0 Å². The minimum atomic E-state index is -0.257. The predicted octanol–water partition coefficient (Wildman–Crippen LogP) is 4.56. The average molecular weight is 358 g/mol.